The Labute approximate surface area is 114 Å². The maximum absolute atomic E-state index is 12.4. The Morgan fingerprint density at radius 2 is 1.80 bits per heavy atom. The smallest absolute Gasteiger partial charge is 0.329 e. The molecule has 2 aromatic carbocycles. The van der Waals surface area contributed by atoms with Gasteiger partial charge in [-0.25, -0.2) is 4.79 Å². The first kappa shape index (κ1) is 12.2. The van der Waals surface area contributed by atoms with Gasteiger partial charge in [0.2, 0.25) is 0 Å². The van der Waals surface area contributed by atoms with E-state index in [9.17, 15) is 9.59 Å². The number of nitrogens with one attached hydrogen (secondary N) is 1. The molecule has 0 aliphatic heterocycles. The Morgan fingerprint density at radius 1 is 1.05 bits per heavy atom. The van der Waals surface area contributed by atoms with Crippen LogP contribution < -0.4 is 17.0 Å². The van der Waals surface area contributed by atoms with Crippen molar-refractivity contribution in [3.63, 3.8) is 0 Å². The van der Waals surface area contributed by atoms with E-state index in [1.54, 1.807) is 18.2 Å². The van der Waals surface area contributed by atoms with E-state index in [4.69, 9.17) is 5.73 Å². The van der Waals surface area contributed by atoms with E-state index in [-0.39, 0.29) is 12.1 Å². The molecule has 0 radical (unpaired) electrons. The fourth-order valence-corrected chi connectivity index (χ4v) is 2.18. The number of benzene rings is 2. The maximum Gasteiger partial charge on any atom is 0.329 e. The lowest BCUT2D eigenvalue weighted by Crippen LogP contribution is -2.35. The van der Waals surface area contributed by atoms with E-state index in [1.807, 2.05) is 30.3 Å². The van der Waals surface area contributed by atoms with Crippen molar-refractivity contribution >= 4 is 16.6 Å². The molecule has 0 fully saturated rings. The summed E-state index contributed by atoms with van der Waals surface area (Å²) in [5, 5.41) is 0.417. The minimum Gasteiger partial charge on any atom is -0.399 e. The Kier molecular flexibility index (Phi) is 2.87. The highest BCUT2D eigenvalue weighted by atomic mass is 16.2. The van der Waals surface area contributed by atoms with Crippen molar-refractivity contribution < 1.29 is 0 Å². The summed E-state index contributed by atoms with van der Waals surface area (Å²) in [5.74, 6) is 0. The third kappa shape index (κ3) is 2.09. The number of rotatable bonds is 2. The Bertz CT molecular complexity index is 879. The van der Waals surface area contributed by atoms with Gasteiger partial charge in [-0.05, 0) is 23.8 Å². The SMILES string of the molecule is Nc1ccc2[nH]c(=O)n(Cc3ccccc3)c(=O)c2c1. The van der Waals surface area contributed by atoms with Crippen LogP contribution in [0, 0.1) is 0 Å². The quantitative estimate of drug-likeness (QED) is 0.687. The third-order valence-electron chi connectivity index (χ3n) is 3.19. The third-order valence-corrected chi connectivity index (χ3v) is 3.19. The van der Waals surface area contributed by atoms with Crippen LogP contribution in [0.2, 0.25) is 0 Å². The summed E-state index contributed by atoms with van der Waals surface area (Å²) in [6.07, 6.45) is 0. The van der Waals surface area contributed by atoms with Crippen molar-refractivity contribution in [2.75, 3.05) is 5.73 Å². The second kappa shape index (κ2) is 4.70. The number of hydrogen-bond donors (Lipinski definition) is 2. The van der Waals surface area contributed by atoms with Gasteiger partial charge in [0.05, 0.1) is 17.4 Å². The molecule has 3 rings (SSSR count). The lowest BCUT2D eigenvalue weighted by Gasteiger charge is -2.07. The molecule has 1 aromatic heterocycles. The molecule has 0 bridgehead atoms. The van der Waals surface area contributed by atoms with Gasteiger partial charge in [0.1, 0.15) is 0 Å². The topological polar surface area (TPSA) is 80.9 Å². The zero-order valence-corrected chi connectivity index (χ0v) is 10.7. The highest BCUT2D eigenvalue weighted by Gasteiger charge is 2.08. The molecule has 0 aliphatic carbocycles. The molecule has 0 saturated carbocycles. The fraction of sp³-hybridized carbons (Fsp3) is 0.0667. The number of nitrogen functional groups attached to an aromatic ring is 1. The fourth-order valence-electron chi connectivity index (χ4n) is 2.18. The molecule has 5 nitrogen and oxygen atoms in total. The van der Waals surface area contributed by atoms with Gasteiger partial charge in [-0.2, -0.15) is 0 Å². The number of hydrogen-bond acceptors (Lipinski definition) is 3. The molecular weight excluding hydrogens is 254 g/mol. The first-order valence-corrected chi connectivity index (χ1v) is 6.21. The van der Waals surface area contributed by atoms with Gasteiger partial charge in [0.25, 0.3) is 5.56 Å². The van der Waals surface area contributed by atoms with Gasteiger partial charge in [-0.3, -0.25) is 9.36 Å². The zero-order valence-electron chi connectivity index (χ0n) is 10.7. The minimum absolute atomic E-state index is 0.236. The van der Waals surface area contributed by atoms with Crippen molar-refractivity contribution in [1.82, 2.24) is 9.55 Å². The van der Waals surface area contributed by atoms with Gasteiger partial charge in [-0.1, -0.05) is 30.3 Å². The second-order valence-electron chi connectivity index (χ2n) is 4.61. The number of aromatic nitrogens is 2. The average Bonchev–Trinajstić information content (AvgIpc) is 2.46. The highest BCUT2D eigenvalue weighted by Crippen LogP contribution is 2.10. The molecule has 1 heterocycles. The average molecular weight is 267 g/mol. The number of nitrogens with zero attached hydrogens (tertiary/aromatic N) is 1. The Hall–Kier alpha value is -2.82. The molecule has 20 heavy (non-hydrogen) atoms. The standard InChI is InChI=1S/C15H13N3O2/c16-11-6-7-13-12(8-11)14(19)18(15(20)17-13)9-10-4-2-1-3-5-10/h1-8H,9,16H2,(H,17,20). The van der Waals surface area contributed by atoms with Crippen molar-refractivity contribution in [3.05, 3.63) is 74.9 Å². The lowest BCUT2D eigenvalue weighted by molar-refractivity contribution is 0.712. The number of anilines is 1. The van der Waals surface area contributed by atoms with Gasteiger partial charge in [0, 0.05) is 5.69 Å². The predicted molar refractivity (Wildman–Crippen MR) is 78.8 cm³/mol. The van der Waals surface area contributed by atoms with Crippen LogP contribution >= 0.6 is 0 Å². The number of aromatic amines is 1. The van der Waals surface area contributed by atoms with Crippen molar-refractivity contribution in [3.8, 4) is 0 Å². The summed E-state index contributed by atoms with van der Waals surface area (Å²) in [6, 6.07) is 14.2. The van der Waals surface area contributed by atoms with E-state index < -0.39 is 5.69 Å². The molecule has 0 atom stereocenters. The molecule has 5 heteroatoms. The second-order valence-corrected chi connectivity index (χ2v) is 4.61. The van der Waals surface area contributed by atoms with Crippen LogP contribution in [0.3, 0.4) is 0 Å². The molecule has 100 valence electrons. The summed E-state index contributed by atoms with van der Waals surface area (Å²) >= 11 is 0. The van der Waals surface area contributed by atoms with Crippen molar-refractivity contribution in [2.45, 2.75) is 6.54 Å². The molecule has 3 N–H and O–H groups in total. The minimum atomic E-state index is -0.420. The lowest BCUT2D eigenvalue weighted by atomic mass is 10.2. The van der Waals surface area contributed by atoms with Gasteiger partial charge in [0.15, 0.2) is 0 Å². The van der Waals surface area contributed by atoms with Crippen LogP contribution in [0.1, 0.15) is 5.56 Å². The summed E-state index contributed by atoms with van der Waals surface area (Å²) in [4.78, 5) is 27.1. The Balaban J connectivity index is 2.21. The molecule has 0 saturated heterocycles. The predicted octanol–water partition coefficient (Wildman–Crippen LogP) is 1.32. The van der Waals surface area contributed by atoms with E-state index in [2.05, 4.69) is 4.98 Å². The molecule has 3 aromatic rings. The van der Waals surface area contributed by atoms with Crippen LogP contribution in [0.25, 0.3) is 10.9 Å². The van der Waals surface area contributed by atoms with Gasteiger partial charge >= 0.3 is 5.69 Å². The largest absolute Gasteiger partial charge is 0.399 e. The first-order chi connectivity index (χ1) is 9.65. The van der Waals surface area contributed by atoms with Crippen LogP contribution in [0.4, 0.5) is 5.69 Å². The van der Waals surface area contributed by atoms with Crippen molar-refractivity contribution in [1.29, 1.82) is 0 Å². The van der Waals surface area contributed by atoms with Crippen LogP contribution in [0.15, 0.2) is 58.1 Å². The van der Waals surface area contributed by atoms with E-state index in [1.165, 1.54) is 4.57 Å². The molecule has 0 aliphatic rings. The van der Waals surface area contributed by atoms with Crippen LogP contribution in [0.5, 0.6) is 0 Å². The summed E-state index contributed by atoms with van der Waals surface area (Å²) in [6.45, 7) is 0.236. The Morgan fingerprint density at radius 3 is 2.55 bits per heavy atom. The molecule has 0 unspecified atom stereocenters. The molecular formula is C15H13N3O2. The summed E-state index contributed by atoms with van der Waals surface area (Å²) in [5.41, 5.74) is 6.82. The van der Waals surface area contributed by atoms with Gasteiger partial charge < -0.3 is 10.7 Å². The number of fused-ring (bicyclic) bond motifs is 1. The maximum atomic E-state index is 12.4. The first-order valence-electron chi connectivity index (χ1n) is 6.21. The summed E-state index contributed by atoms with van der Waals surface area (Å²) in [7, 11) is 0. The normalized spacial score (nSPS) is 10.8. The number of nitrogens with two attached hydrogens (primary N) is 1. The van der Waals surface area contributed by atoms with Crippen LogP contribution in [-0.4, -0.2) is 9.55 Å². The number of H-pyrrole nitrogens is 1. The van der Waals surface area contributed by atoms with Crippen LogP contribution in [-0.2, 0) is 6.54 Å². The van der Waals surface area contributed by atoms with E-state index in [0.29, 0.717) is 16.6 Å². The van der Waals surface area contributed by atoms with Crippen molar-refractivity contribution in [2.24, 2.45) is 0 Å². The summed E-state index contributed by atoms with van der Waals surface area (Å²) < 4.78 is 1.18. The van der Waals surface area contributed by atoms with Gasteiger partial charge in [-0.15, -0.1) is 0 Å². The highest BCUT2D eigenvalue weighted by molar-refractivity contribution is 5.80. The van der Waals surface area contributed by atoms with E-state index >= 15 is 0 Å². The zero-order chi connectivity index (χ0) is 14.1. The monoisotopic (exact) mass is 267 g/mol. The molecule has 0 spiro atoms. The van der Waals surface area contributed by atoms with E-state index in [0.717, 1.165) is 5.56 Å². The molecule has 0 amide bonds.